The Bertz CT molecular complexity index is 1160. The lowest BCUT2D eigenvalue weighted by atomic mass is 9.63. The molecule has 0 unspecified atom stereocenters. The van der Waals surface area contributed by atoms with Gasteiger partial charge in [0.15, 0.2) is 0 Å². The number of benzene rings is 1. The van der Waals surface area contributed by atoms with Crippen molar-refractivity contribution in [3.63, 3.8) is 0 Å². The maximum atomic E-state index is 13.0. The minimum absolute atomic E-state index is 0.175. The molecule has 7 nitrogen and oxygen atoms in total. The highest BCUT2D eigenvalue weighted by molar-refractivity contribution is 6.06. The molecule has 1 aliphatic heterocycles. The number of imide groups is 1. The van der Waals surface area contributed by atoms with Crippen LogP contribution in [0.15, 0.2) is 58.1 Å². The molecule has 2 amide bonds. The van der Waals surface area contributed by atoms with E-state index in [0.29, 0.717) is 35.5 Å². The molecule has 32 heavy (non-hydrogen) atoms. The molecule has 2 saturated carbocycles. The van der Waals surface area contributed by atoms with Crippen LogP contribution in [-0.4, -0.2) is 35.6 Å². The Morgan fingerprint density at radius 2 is 1.84 bits per heavy atom. The topological polar surface area (TPSA) is 89.2 Å². The predicted octanol–water partition coefficient (Wildman–Crippen LogP) is 3.51. The summed E-state index contributed by atoms with van der Waals surface area (Å²) < 4.78 is 10.9. The lowest BCUT2D eigenvalue weighted by Gasteiger charge is -2.37. The summed E-state index contributed by atoms with van der Waals surface area (Å²) in [6.45, 7) is 2.06. The number of hydrazone groups is 1. The maximum Gasteiger partial charge on any atom is 0.338 e. The summed E-state index contributed by atoms with van der Waals surface area (Å²) in [6.07, 6.45) is 6.82. The molecule has 7 rings (SSSR count). The van der Waals surface area contributed by atoms with Crippen molar-refractivity contribution in [3.05, 3.63) is 59.9 Å². The third kappa shape index (κ3) is 2.80. The molecule has 5 aliphatic rings. The molecular formula is C25H22N2O5. The number of carbonyl (C=O) groups excluding carboxylic acids is 3. The Kier molecular flexibility index (Phi) is 4.22. The Labute approximate surface area is 184 Å². The van der Waals surface area contributed by atoms with Gasteiger partial charge in [0.05, 0.1) is 30.2 Å². The minimum atomic E-state index is -0.392. The van der Waals surface area contributed by atoms with E-state index in [1.165, 1.54) is 6.21 Å². The Morgan fingerprint density at radius 3 is 2.53 bits per heavy atom. The van der Waals surface area contributed by atoms with Crippen molar-refractivity contribution in [3.8, 4) is 11.3 Å². The molecule has 0 spiro atoms. The first-order chi connectivity index (χ1) is 15.6. The largest absolute Gasteiger partial charge is 0.462 e. The van der Waals surface area contributed by atoms with E-state index < -0.39 is 5.97 Å². The molecule has 2 bridgehead atoms. The van der Waals surface area contributed by atoms with Gasteiger partial charge in [0, 0.05) is 5.56 Å². The highest BCUT2D eigenvalue weighted by Gasteiger charge is 2.67. The van der Waals surface area contributed by atoms with Crippen LogP contribution in [0.3, 0.4) is 0 Å². The van der Waals surface area contributed by atoms with Crippen molar-refractivity contribution in [2.75, 3.05) is 6.61 Å². The number of furan rings is 1. The van der Waals surface area contributed by atoms with Gasteiger partial charge in [-0.1, -0.05) is 24.3 Å². The van der Waals surface area contributed by atoms with Crippen molar-refractivity contribution in [2.45, 2.75) is 13.3 Å². The summed E-state index contributed by atoms with van der Waals surface area (Å²) in [5, 5.41) is 5.25. The molecule has 0 radical (unpaired) electrons. The molecule has 2 heterocycles. The van der Waals surface area contributed by atoms with Crippen molar-refractivity contribution < 1.29 is 23.5 Å². The van der Waals surface area contributed by atoms with E-state index >= 15 is 0 Å². The van der Waals surface area contributed by atoms with Gasteiger partial charge in [-0.25, -0.2) is 4.79 Å². The van der Waals surface area contributed by atoms with E-state index in [-0.39, 0.29) is 35.5 Å². The van der Waals surface area contributed by atoms with Crippen LogP contribution in [0.25, 0.3) is 11.3 Å². The number of ether oxygens (including phenoxy) is 1. The second-order valence-electron chi connectivity index (χ2n) is 8.89. The summed E-state index contributed by atoms with van der Waals surface area (Å²) in [5.41, 5.74) is 1.16. The number of allylic oxidation sites excluding steroid dienone is 2. The van der Waals surface area contributed by atoms with Crippen LogP contribution < -0.4 is 0 Å². The van der Waals surface area contributed by atoms with Gasteiger partial charge in [-0.05, 0) is 61.3 Å². The van der Waals surface area contributed by atoms with Crippen molar-refractivity contribution in [1.29, 1.82) is 0 Å². The lowest BCUT2D eigenvalue weighted by molar-refractivity contribution is -0.140. The van der Waals surface area contributed by atoms with Gasteiger partial charge < -0.3 is 9.15 Å². The summed E-state index contributed by atoms with van der Waals surface area (Å²) in [7, 11) is 0. The lowest BCUT2D eigenvalue weighted by Crippen LogP contribution is -2.40. The van der Waals surface area contributed by atoms with E-state index in [1.807, 2.05) is 6.07 Å². The first kappa shape index (κ1) is 19.2. The zero-order valence-corrected chi connectivity index (χ0v) is 17.5. The smallest absolute Gasteiger partial charge is 0.338 e. The van der Waals surface area contributed by atoms with Crippen LogP contribution in [0.4, 0.5) is 0 Å². The average molecular weight is 430 g/mol. The highest BCUT2D eigenvalue weighted by Crippen LogP contribution is 2.65. The molecule has 1 aromatic carbocycles. The maximum absolute atomic E-state index is 13.0. The third-order valence-corrected chi connectivity index (χ3v) is 7.22. The zero-order valence-electron chi connectivity index (χ0n) is 17.5. The van der Waals surface area contributed by atoms with Gasteiger partial charge in [0.2, 0.25) is 0 Å². The van der Waals surface area contributed by atoms with Gasteiger partial charge in [-0.3, -0.25) is 9.59 Å². The molecule has 2 aromatic rings. The van der Waals surface area contributed by atoms with Crippen molar-refractivity contribution in [2.24, 2.45) is 40.6 Å². The van der Waals surface area contributed by atoms with E-state index in [2.05, 4.69) is 17.3 Å². The fraction of sp³-hybridized carbons (Fsp3) is 0.360. The summed E-state index contributed by atoms with van der Waals surface area (Å²) in [4.78, 5) is 38.0. The van der Waals surface area contributed by atoms with E-state index in [4.69, 9.17) is 9.15 Å². The molecular weight excluding hydrogens is 408 g/mol. The first-order valence-corrected chi connectivity index (χ1v) is 11.0. The number of hydrogen-bond acceptors (Lipinski definition) is 6. The van der Waals surface area contributed by atoms with Gasteiger partial charge >= 0.3 is 5.97 Å². The fourth-order valence-corrected chi connectivity index (χ4v) is 5.76. The molecule has 162 valence electrons. The summed E-state index contributed by atoms with van der Waals surface area (Å²) >= 11 is 0. The number of amides is 2. The van der Waals surface area contributed by atoms with Crippen LogP contribution in [-0.2, 0) is 14.3 Å². The van der Waals surface area contributed by atoms with Crippen LogP contribution in [0.2, 0.25) is 0 Å². The quantitative estimate of drug-likeness (QED) is 0.313. The molecule has 1 saturated heterocycles. The van der Waals surface area contributed by atoms with Gasteiger partial charge in [0.1, 0.15) is 11.5 Å². The number of carbonyl (C=O) groups is 3. The van der Waals surface area contributed by atoms with Gasteiger partial charge in [-0.2, -0.15) is 10.1 Å². The molecule has 4 aliphatic carbocycles. The van der Waals surface area contributed by atoms with Crippen LogP contribution in [0.5, 0.6) is 0 Å². The number of hydrogen-bond donors (Lipinski definition) is 0. The Morgan fingerprint density at radius 1 is 1.12 bits per heavy atom. The summed E-state index contributed by atoms with van der Waals surface area (Å²) in [6, 6.07) is 10.4. The Hall–Kier alpha value is -3.48. The van der Waals surface area contributed by atoms with E-state index in [0.717, 1.165) is 17.0 Å². The number of rotatable bonds is 5. The second-order valence-corrected chi connectivity index (χ2v) is 8.89. The monoisotopic (exact) mass is 430 g/mol. The van der Waals surface area contributed by atoms with Gasteiger partial charge in [-0.15, -0.1) is 0 Å². The van der Waals surface area contributed by atoms with Crippen LogP contribution in [0, 0.1) is 35.5 Å². The fourth-order valence-electron chi connectivity index (χ4n) is 5.76. The first-order valence-electron chi connectivity index (χ1n) is 11.0. The van der Waals surface area contributed by atoms with Crippen LogP contribution >= 0.6 is 0 Å². The average Bonchev–Trinajstić information content (AvgIpc) is 3.44. The molecule has 3 fully saturated rings. The molecule has 1 aromatic heterocycles. The number of esters is 1. The van der Waals surface area contributed by atoms with Crippen LogP contribution in [0.1, 0.15) is 29.5 Å². The van der Waals surface area contributed by atoms with Crippen molar-refractivity contribution in [1.82, 2.24) is 5.01 Å². The van der Waals surface area contributed by atoms with Crippen molar-refractivity contribution >= 4 is 24.0 Å². The standard InChI is InChI=1S/C25H22N2O5/c1-2-31-25(30)14-5-3-4-13(10-14)20-9-6-15(32-20)12-26-27-23(28)21-16-7-8-17(19-11-18(16)19)22(21)24(27)29/h3-10,12,16-19,21-22H,2,11H2,1H3/b26-12-/t16-,17-,18-,19+,21+,22+/m1/s1. The normalized spacial score (nSPS) is 31.8. The third-order valence-electron chi connectivity index (χ3n) is 7.22. The molecule has 7 heteroatoms. The number of nitrogens with zero attached hydrogens (tertiary/aromatic N) is 2. The zero-order chi connectivity index (χ0) is 22.0. The molecule has 6 atom stereocenters. The highest BCUT2D eigenvalue weighted by atomic mass is 16.5. The summed E-state index contributed by atoms with van der Waals surface area (Å²) in [5.74, 6) is 1.11. The molecule has 0 N–H and O–H groups in total. The predicted molar refractivity (Wildman–Crippen MR) is 114 cm³/mol. The Balaban J connectivity index is 1.21. The SMILES string of the molecule is CCOC(=O)c1cccc(-c2ccc(/C=N\N3C(=O)[C@H]4[C@@H]5C=C[C@H]([C@@H]6C[C@H]56)[C@@H]4C3=O)o2)c1. The minimum Gasteiger partial charge on any atom is -0.462 e. The van der Waals surface area contributed by atoms with E-state index in [9.17, 15) is 14.4 Å². The second kappa shape index (κ2) is 7.02. The van der Waals surface area contributed by atoms with E-state index in [1.54, 1.807) is 37.3 Å². The van der Waals surface area contributed by atoms with Gasteiger partial charge in [0.25, 0.3) is 11.8 Å².